The lowest BCUT2D eigenvalue weighted by Gasteiger charge is -2.24. The third-order valence-corrected chi connectivity index (χ3v) is 3.47. The molecule has 0 radical (unpaired) electrons. The summed E-state index contributed by atoms with van der Waals surface area (Å²) in [6.45, 7) is 8.75. The largest absolute Gasteiger partial charge is 0.463 e. The topological polar surface area (TPSA) is 76.0 Å². The highest BCUT2D eigenvalue weighted by molar-refractivity contribution is 5.90. The zero-order valence-corrected chi connectivity index (χ0v) is 12.3. The molecule has 1 heterocycles. The number of hydrogen-bond acceptors (Lipinski definition) is 4. The summed E-state index contributed by atoms with van der Waals surface area (Å²) in [5.41, 5.74) is 0. The maximum atomic E-state index is 12.0. The molecule has 0 aromatic carbocycles. The van der Waals surface area contributed by atoms with Crippen molar-refractivity contribution in [1.29, 1.82) is 0 Å². The van der Waals surface area contributed by atoms with Crippen molar-refractivity contribution in [1.82, 2.24) is 4.90 Å². The zero-order valence-electron chi connectivity index (χ0n) is 12.3. The molecular formula is C14H22N2O4. The first-order chi connectivity index (χ1) is 9.38. The molecule has 0 bridgehead atoms. The average molecular weight is 282 g/mol. The number of esters is 1. The smallest absolute Gasteiger partial charge is 0.302 e. The molecule has 20 heavy (non-hydrogen) atoms. The predicted molar refractivity (Wildman–Crippen MR) is 74.3 cm³/mol. The molecule has 0 spiro atoms. The molecule has 1 rings (SSSR count). The number of rotatable bonds is 6. The first-order valence-electron chi connectivity index (χ1n) is 6.86. The molecule has 3 atom stereocenters. The van der Waals surface area contributed by atoms with Crippen LogP contribution in [0.4, 0.5) is 0 Å². The molecule has 0 saturated carbocycles. The maximum Gasteiger partial charge on any atom is 0.302 e. The second-order valence-corrected chi connectivity index (χ2v) is 5.19. The molecule has 1 fully saturated rings. The Balaban J connectivity index is 2.62. The molecule has 1 saturated heterocycles. The van der Waals surface area contributed by atoms with Gasteiger partial charge in [0.25, 0.3) is 5.91 Å². The molecule has 2 unspecified atom stereocenters. The summed E-state index contributed by atoms with van der Waals surface area (Å²) in [7, 11) is 0. The van der Waals surface area contributed by atoms with Gasteiger partial charge in [-0.15, -0.1) is 0 Å². The summed E-state index contributed by atoms with van der Waals surface area (Å²) in [6.07, 6.45) is 1.30. The van der Waals surface area contributed by atoms with E-state index in [1.165, 1.54) is 6.92 Å². The summed E-state index contributed by atoms with van der Waals surface area (Å²) >= 11 is 0. The number of amides is 2. The first kappa shape index (κ1) is 16.3. The quantitative estimate of drug-likeness (QED) is 0.541. The highest BCUT2D eigenvalue weighted by atomic mass is 16.5. The Morgan fingerprint density at radius 3 is 2.70 bits per heavy atom. The van der Waals surface area contributed by atoms with Crippen LogP contribution in [0.15, 0.2) is 4.99 Å². The molecule has 112 valence electrons. The van der Waals surface area contributed by atoms with Crippen LogP contribution in [0, 0.1) is 5.92 Å². The van der Waals surface area contributed by atoms with Gasteiger partial charge >= 0.3 is 5.97 Å². The van der Waals surface area contributed by atoms with Gasteiger partial charge in [0.15, 0.2) is 0 Å². The molecule has 0 aromatic heterocycles. The van der Waals surface area contributed by atoms with Crippen LogP contribution in [-0.2, 0) is 19.1 Å². The highest BCUT2D eigenvalue weighted by Crippen LogP contribution is 2.26. The van der Waals surface area contributed by atoms with E-state index in [1.807, 2.05) is 13.8 Å². The number of likely N-dealkylation sites (tertiary alicyclic amines) is 1. The van der Waals surface area contributed by atoms with Gasteiger partial charge in [-0.25, -0.2) is 4.99 Å². The van der Waals surface area contributed by atoms with Gasteiger partial charge in [-0.05, 0) is 32.4 Å². The highest BCUT2D eigenvalue weighted by Gasteiger charge is 2.37. The van der Waals surface area contributed by atoms with Crippen molar-refractivity contribution in [3.63, 3.8) is 0 Å². The Morgan fingerprint density at radius 1 is 1.55 bits per heavy atom. The summed E-state index contributed by atoms with van der Waals surface area (Å²) in [5, 5.41) is 0. The summed E-state index contributed by atoms with van der Waals surface area (Å²) < 4.78 is 5.07. The Hall–Kier alpha value is -1.72. The second-order valence-electron chi connectivity index (χ2n) is 5.19. The minimum absolute atomic E-state index is 0.0473. The van der Waals surface area contributed by atoms with E-state index in [2.05, 4.69) is 11.7 Å². The van der Waals surface area contributed by atoms with Crippen LogP contribution in [0.2, 0.25) is 0 Å². The normalized spacial score (nSPS) is 21.4. The molecule has 0 aliphatic carbocycles. The SMILES string of the molecule is C=NC(=O)[C@H](CC)N1CC(CC(C)OC(C)=O)CC1=O. The van der Waals surface area contributed by atoms with Crippen molar-refractivity contribution in [3.8, 4) is 0 Å². The van der Waals surface area contributed by atoms with Gasteiger partial charge in [0, 0.05) is 19.9 Å². The van der Waals surface area contributed by atoms with E-state index in [4.69, 9.17) is 4.74 Å². The van der Waals surface area contributed by atoms with Crippen LogP contribution in [0.25, 0.3) is 0 Å². The summed E-state index contributed by atoms with van der Waals surface area (Å²) in [5.74, 6) is -0.636. The standard InChI is InChI=1S/C14H22N2O4/c1-5-12(14(19)15-4)16-8-11(7-13(16)18)6-9(2)20-10(3)17/h9,11-12H,4-8H2,1-3H3/t9?,11?,12-/m0/s1. The Morgan fingerprint density at radius 2 is 2.20 bits per heavy atom. The van der Waals surface area contributed by atoms with Gasteiger partial charge < -0.3 is 9.64 Å². The van der Waals surface area contributed by atoms with Crippen molar-refractivity contribution in [3.05, 3.63) is 0 Å². The number of ether oxygens (including phenoxy) is 1. The molecule has 0 N–H and O–H groups in total. The fourth-order valence-electron chi connectivity index (χ4n) is 2.70. The molecular weight excluding hydrogens is 260 g/mol. The van der Waals surface area contributed by atoms with Crippen LogP contribution in [0.3, 0.4) is 0 Å². The lowest BCUT2D eigenvalue weighted by Crippen LogP contribution is -2.41. The third kappa shape index (κ3) is 4.15. The number of hydrogen-bond donors (Lipinski definition) is 0. The lowest BCUT2D eigenvalue weighted by atomic mass is 10.0. The van der Waals surface area contributed by atoms with E-state index in [0.717, 1.165) is 0 Å². The van der Waals surface area contributed by atoms with Crippen LogP contribution in [-0.4, -0.2) is 48.1 Å². The van der Waals surface area contributed by atoms with E-state index in [0.29, 0.717) is 25.8 Å². The molecule has 1 aliphatic rings. The van der Waals surface area contributed by atoms with E-state index < -0.39 is 6.04 Å². The van der Waals surface area contributed by atoms with Gasteiger partial charge in [0.1, 0.15) is 6.04 Å². The van der Waals surface area contributed by atoms with Crippen molar-refractivity contribution in [2.75, 3.05) is 6.54 Å². The number of carbonyl (C=O) groups excluding carboxylic acids is 3. The number of nitrogens with zero attached hydrogens (tertiary/aromatic N) is 2. The Kier molecular flexibility index (Phi) is 5.85. The molecule has 1 aliphatic heterocycles. The third-order valence-electron chi connectivity index (χ3n) is 3.47. The van der Waals surface area contributed by atoms with Crippen LogP contribution in [0.5, 0.6) is 0 Å². The molecule has 6 nitrogen and oxygen atoms in total. The second kappa shape index (κ2) is 7.17. The fraction of sp³-hybridized carbons (Fsp3) is 0.714. The Bertz CT molecular complexity index is 408. The van der Waals surface area contributed by atoms with E-state index in [1.54, 1.807) is 4.90 Å². The predicted octanol–water partition coefficient (Wildman–Crippen LogP) is 1.18. The van der Waals surface area contributed by atoms with Crippen LogP contribution < -0.4 is 0 Å². The van der Waals surface area contributed by atoms with Crippen molar-refractivity contribution >= 4 is 24.5 Å². The number of carbonyl (C=O) groups is 3. The van der Waals surface area contributed by atoms with Gasteiger partial charge in [0.2, 0.25) is 5.91 Å². The number of aliphatic imine (C=N–C) groups is 1. The van der Waals surface area contributed by atoms with Crippen LogP contribution >= 0.6 is 0 Å². The summed E-state index contributed by atoms with van der Waals surface area (Å²) in [6, 6.07) is -0.519. The molecule has 0 aromatic rings. The maximum absolute atomic E-state index is 12.0. The van der Waals surface area contributed by atoms with Gasteiger partial charge in [0.05, 0.1) is 6.10 Å². The van der Waals surface area contributed by atoms with E-state index in [9.17, 15) is 14.4 Å². The van der Waals surface area contributed by atoms with Crippen molar-refractivity contribution in [2.45, 2.75) is 52.2 Å². The average Bonchev–Trinajstić information content (AvgIpc) is 2.69. The first-order valence-corrected chi connectivity index (χ1v) is 6.86. The lowest BCUT2D eigenvalue weighted by molar-refractivity contribution is -0.146. The monoisotopic (exact) mass is 282 g/mol. The molecule has 2 amide bonds. The van der Waals surface area contributed by atoms with Gasteiger partial charge in [-0.1, -0.05) is 6.92 Å². The summed E-state index contributed by atoms with van der Waals surface area (Å²) in [4.78, 5) is 39.5. The molecule has 6 heteroatoms. The van der Waals surface area contributed by atoms with Crippen molar-refractivity contribution < 1.29 is 19.1 Å². The zero-order chi connectivity index (χ0) is 15.3. The van der Waals surface area contributed by atoms with E-state index >= 15 is 0 Å². The van der Waals surface area contributed by atoms with Crippen LogP contribution in [0.1, 0.15) is 40.0 Å². The minimum atomic E-state index is -0.519. The van der Waals surface area contributed by atoms with Gasteiger partial charge in [-0.2, -0.15) is 0 Å². The van der Waals surface area contributed by atoms with Gasteiger partial charge in [-0.3, -0.25) is 14.4 Å². The minimum Gasteiger partial charge on any atom is -0.463 e. The van der Waals surface area contributed by atoms with E-state index in [-0.39, 0.29) is 29.8 Å². The Labute approximate surface area is 119 Å². The van der Waals surface area contributed by atoms with Crippen molar-refractivity contribution in [2.24, 2.45) is 10.9 Å². The fourth-order valence-corrected chi connectivity index (χ4v) is 2.70.